The molecule has 25 heavy (non-hydrogen) atoms. The lowest BCUT2D eigenvalue weighted by Gasteiger charge is -2.08. The van der Waals surface area contributed by atoms with Crippen LogP contribution >= 0.6 is 22.9 Å². The minimum atomic E-state index is -1.01. The number of aliphatic carboxylic acids is 1. The number of carboxylic acids is 1. The van der Waals surface area contributed by atoms with E-state index in [0.717, 1.165) is 22.0 Å². The van der Waals surface area contributed by atoms with Gasteiger partial charge in [-0.3, -0.25) is 0 Å². The smallest absolute Gasteiger partial charge is 0.336 e. The minimum Gasteiger partial charge on any atom is -0.504 e. The highest BCUT2D eigenvalue weighted by Crippen LogP contribution is 2.30. The molecule has 2 heterocycles. The van der Waals surface area contributed by atoms with E-state index in [0.29, 0.717) is 5.02 Å². The first kappa shape index (κ1) is 17.3. The maximum atomic E-state index is 11.3. The number of aromatic nitrogens is 2. The van der Waals surface area contributed by atoms with Crippen molar-refractivity contribution in [2.24, 2.45) is 0 Å². The monoisotopic (exact) mass is 374 g/mol. The number of carboxylic acid groups (broad SMARTS) is 1. The summed E-state index contributed by atoms with van der Waals surface area (Å²) in [6.07, 6.45) is 3.07. The minimum absolute atomic E-state index is 0.162. The summed E-state index contributed by atoms with van der Waals surface area (Å²) >= 11 is 7.43. The second-order valence-corrected chi connectivity index (χ2v) is 6.54. The topological polar surface area (TPSA) is 64.4 Å². The molecule has 0 aliphatic heterocycles. The molecule has 3 rings (SSSR count). The van der Waals surface area contributed by atoms with Gasteiger partial charge < -0.3 is 14.4 Å². The SMILES string of the molecule is CO/C=C(/Cn1cccc1-c1nc(-c2ccc(Cl)cc2)cs1)C(=O)O. The van der Waals surface area contributed by atoms with Crippen LogP contribution in [0.5, 0.6) is 0 Å². The van der Waals surface area contributed by atoms with E-state index in [1.807, 2.05) is 52.5 Å². The van der Waals surface area contributed by atoms with Gasteiger partial charge >= 0.3 is 5.97 Å². The van der Waals surface area contributed by atoms with Gasteiger partial charge in [0.2, 0.25) is 0 Å². The summed E-state index contributed by atoms with van der Waals surface area (Å²) in [6, 6.07) is 11.3. The lowest BCUT2D eigenvalue weighted by atomic mass is 10.2. The van der Waals surface area contributed by atoms with Crippen LogP contribution in [0.25, 0.3) is 22.0 Å². The van der Waals surface area contributed by atoms with Crippen molar-refractivity contribution in [1.82, 2.24) is 9.55 Å². The molecule has 0 spiro atoms. The normalized spacial score (nSPS) is 11.5. The van der Waals surface area contributed by atoms with E-state index in [2.05, 4.69) is 4.98 Å². The third-order valence-electron chi connectivity index (χ3n) is 3.57. The number of carbonyl (C=O) groups is 1. The Morgan fingerprint density at radius 3 is 2.80 bits per heavy atom. The molecule has 0 aliphatic rings. The Hall–Kier alpha value is -2.57. The molecule has 3 aromatic rings. The quantitative estimate of drug-likeness (QED) is 0.508. The molecular weight excluding hydrogens is 360 g/mol. The van der Waals surface area contributed by atoms with Crippen LogP contribution in [0.2, 0.25) is 5.02 Å². The maximum Gasteiger partial charge on any atom is 0.336 e. The fourth-order valence-corrected chi connectivity index (χ4v) is 3.37. The van der Waals surface area contributed by atoms with Crippen LogP contribution in [0, 0.1) is 0 Å². The molecule has 0 atom stereocenters. The summed E-state index contributed by atoms with van der Waals surface area (Å²) < 4.78 is 6.69. The fraction of sp³-hybridized carbons (Fsp3) is 0.111. The van der Waals surface area contributed by atoms with E-state index in [1.54, 1.807) is 0 Å². The molecule has 0 bridgehead atoms. The van der Waals surface area contributed by atoms with Crippen molar-refractivity contribution in [3.63, 3.8) is 0 Å². The van der Waals surface area contributed by atoms with Gasteiger partial charge in [-0.2, -0.15) is 0 Å². The number of rotatable bonds is 6. The van der Waals surface area contributed by atoms with Gasteiger partial charge in [0.15, 0.2) is 0 Å². The zero-order chi connectivity index (χ0) is 17.8. The number of ether oxygens (including phenoxy) is 1. The Balaban J connectivity index is 1.89. The third kappa shape index (κ3) is 3.92. The highest BCUT2D eigenvalue weighted by molar-refractivity contribution is 7.13. The van der Waals surface area contributed by atoms with Crippen molar-refractivity contribution >= 4 is 28.9 Å². The Bertz CT molecular complexity index is 913. The Kier molecular flexibility index (Phi) is 5.21. The van der Waals surface area contributed by atoms with E-state index in [-0.39, 0.29) is 12.1 Å². The second-order valence-electron chi connectivity index (χ2n) is 5.25. The van der Waals surface area contributed by atoms with Crippen molar-refractivity contribution in [3.05, 3.63) is 64.8 Å². The van der Waals surface area contributed by atoms with Gasteiger partial charge in [-0.1, -0.05) is 23.7 Å². The lowest BCUT2D eigenvalue weighted by molar-refractivity contribution is -0.133. The number of halogens is 1. The first-order valence-electron chi connectivity index (χ1n) is 7.40. The first-order valence-corrected chi connectivity index (χ1v) is 8.66. The lowest BCUT2D eigenvalue weighted by Crippen LogP contribution is -2.10. The number of hydrogen-bond donors (Lipinski definition) is 1. The summed E-state index contributed by atoms with van der Waals surface area (Å²) in [7, 11) is 1.43. The van der Waals surface area contributed by atoms with E-state index in [9.17, 15) is 9.90 Å². The molecule has 0 aliphatic carbocycles. The maximum absolute atomic E-state index is 11.3. The molecule has 0 saturated carbocycles. The van der Waals surface area contributed by atoms with E-state index >= 15 is 0 Å². The molecule has 0 amide bonds. The molecular formula is C18H15ClN2O3S. The molecule has 128 valence electrons. The van der Waals surface area contributed by atoms with Crippen LogP contribution in [0.1, 0.15) is 0 Å². The average molecular weight is 375 g/mol. The zero-order valence-electron chi connectivity index (χ0n) is 13.3. The van der Waals surface area contributed by atoms with Gasteiger partial charge in [-0.15, -0.1) is 11.3 Å². The first-order chi connectivity index (χ1) is 12.1. The van der Waals surface area contributed by atoms with Gasteiger partial charge in [0.05, 0.1) is 36.9 Å². The van der Waals surface area contributed by atoms with Crippen LogP contribution in [0.4, 0.5) is 0 Å². The van der Waals surface area contributed by atoms with Crippen molar-refractivity contribution in [2.75, 3.05) is 7.11 Å². The van der Waals surface area contributed by atoms with Crippen molar-refractivity contribution in [1.29, 1.82) is 0 Å². The second kappa shape index (κ2) is 7.55. The van der Waals surface area contributed by atoms with Gasteiger partial charge in [0.1, 0.15) is 5.01 Å². The van der Waals surface area contributed by atoms with Gasteiger partial charge in [-0.25, -0.2) is 9.78 Å². The Morgan fingerprint density at radius 2 is 2.12 bits per heavy atom. The highest BCUT2D eigenvalue weighted by atomic mass is 35.5. The molecule has 0 unspecified atom stereocenters. The number of benzene rings is 1. The van der Waals surface area contributed by atoms with Crippen LogP contribution in [0.15, 0.2) is 59.8 Å². The number of methoxy groups -OCH3 is 1. The Morgan fingerprint density at radius 1 is 1.36 bits per heavy atom. The van der Waals surface area contributed by atoms with E-state index in [4.69, 9.17) is 16.3 Å². The van der Waals surface area contributed by atoms with Crippen LogP contribution in [0.3, 0.4) is 0 Å². The molecule has 0 fully saturated rings. The van der Waals surface area contributed by atoms with Crippen LogP contribution in [-0.4, -0.2) is 27.7 Å². The van der Waals surface area contributed by atoms with E-state index < -0.39 is 5.97 Å². The largest absolute Gasteiger partial charge is 0.504 e. The fourth-order valence-electron chi connectivity index (χ4n) is 2.37. The molecule has 1 aromatic carbocycles. The zero-order valence-corrected chi connectivity index (χ0v) is 14.9. The Labute approximate surface area is 153 Å². The van der Waals surface area contributed by atoms with Gasteiger partial charge in [0.25, 0.3) is 0 Å². The summed E-state index contributed by atoms with van der Waals surface area (Å²) in [4.78, 5) is 16.0. The average Bonchev–Trinajstić information content (AvgIpc) is 3.24. The predicted molar refractivity (Wildman–Crippen MR) is 98.7 cm³/mol. The van der Waals surface area contributed by atoms with Crippen LogP contribution < -0.4 is 0 Å². The molecule has 0 radical (unpaired) electrons. The summed E-state index contributed by atoms with van der Waals surface area (Å²) in [5.74, 6) is -1.01. The molecule has 0 saturated heterocycles. The summed E-state index contributed by atoms with van der Waals surface area (Å²) in [5, 5.41) is 12.7. The number of thiazole rings is 1. The molecule has 1 N–H and O–H groups in total. The van der Waals surface area contributed by atoms with Crippen molar-refractivity contribution in [2.45, 2.75) is 6.54 Å². The molecule has 2 aromatic heterocycles. The van der Waals surface area contributed by atoms with E-state index in [1.165, 1.54) is 24.7 Å². The number of hydrogen-bond acceptors (Lipinski definition) is 4. The van der Waals surface area contributed by atoms with Crippen molar-refractivity contribution < 1.29 is 14.6 Å². The predicted octanol–water partition coefficient (Wildman–Crippen LogP) is 4.55. The third-order valence-corrected chi connectivity index (χ3v) is 4.69. The number of nitrogens with zero attached hydrogens (tertiary/aromatic N) is 2. The van der Waals surface area contributed by atoms with Gasteiger partial charge in [-0.05, 0) is 24.3 Å². The summed E-state index contributed by atoms with van der Waals surface area (Å²) in [5.41, 5.74) is 2.86. The highest BCUT2D eigenvalue weighted by Gasteiger charge is 2.14. The van der Waals surface area contributed by atoms with Crippen molar-refractivity contribution in [3.8, 4) is 22.0 Å². The van der Waals surface area contributed by atoms with Crippen LogP contribution in [-0.2, 0) is 16.1 Å². The van der Waals surface area contributed by atoms with Gasteiger partial charge in [0, 0.05) is 22.2 Å². The molecule has 5 nitrogen and oxygen atoms in total. The summed E-state index contributed by atoms with van der Waals surface area (Å²) in [6.45, 7) is 0.196. The standard InChI is InChI=1S/C18H15ClN2O3S/c1-24-10-13(18(22)23)9-21-8-2-3-16(21)17-20-15(11-25-17)12-4-6-14(19)7-5-12/h2-8,10-11H,9H2,1H3,(H,22,23)/b13-10-. The molecule has 7 heteroatoms.